The molecular formula is C18H15N3O3S. The molecule has 0 fully saturated rings. The number of H-pyrrole nitrogens is 1. The summed E-state index contributed by atoms with van der Waals surface area (Å²) < 4.78 is 12.2. The van der Waals surface area contributed by atoms with Crippen LogP contribution in [0.3, 0.4) is 0 Å². The number of fused-ring (bicyclic) bond motifs is 5. The molecule has 0 atom stereocenters. The van der Waals surface area contributed by atoms with E-state index in [1.807, 2.05) is 12.1 Å². The molecule has 0 radical (unpaired) electrons. The first-order valence-corrected chi connectivity index (χ1v) is 8.85. The first-order chi connectivity index (χ1) is 12.0. The first-order valence-electron chi connectivity index (χ1n) is 8.03. The lowest BCUT2D eigenvalue weighted by atomic mass is 9.89. The predicted octanol–water partition coefficient (Wildman–Crippen LogP) is 3.64. The van der Waals surface area contributed by atoms with Gasteiger partial charge in [0, 0.05) is 17.4 Å². The molecule has 5 rings (SSSR count). The van der Waals surface area contributed by atoms with Crippen molar-refractivity contribution in [2.75, 3.05) is 0 Å². The molecule has 4 aromatic rings. The summed E-state index contributed by atoms with van der Waals surface area (Å²) in [6.07, 6.45) is 3.82. The largest absolute Gasteiger partial charge is 0.463 e. The van der Waals surface area contributed by atoms with Gasteiger partial charge in [-0.25, -0.2) is 9.97 Å². The fourth-order valence-corrected chi connectivity index (χ4v) is 4.49. The van der Waals surface area contributed by atoms with Crippen molar-refractivity contribution in [3.63, 3.8) is 0 Å². The Morgan fingerprint density at radius 1 is 1.32 bits per heavy atom. The summed E-state index contributed by atoms with van der Waals surface area (Å²) in [4.78, 5) is 24.9. The number of hydrogen-bond donors (Lipinski definition) is 1. The third kappa shape index (κ3) is 2.16. The molecule has 0 amide bonds. The summed E-state index contributed by atoms with van der Waals surface area (Å²) in [5.41, 5.74) is 3.26. The van der Waals surface area contributed by atoms with Crippen molar-refractivity contribution >= 4 is 31.8 Å². The monoisotopic (exact) mass is 353 g/mol. The van der Waals surface area contributed by atoms with Gasteiger partial charge in [-0.1, -0.05) is 0 Å². The van der Waals surface area contributed by atoms with Gasteiger partial charge in [0.05, 0.1) is 30.3 Å². The number of furan rings is 1. The van der Waals surface area contributed by atoms with E-state index < -0.39 is 0 Å². The van der Waals surface area contributed by atoms with Crippen LogP contribution in [0.15, 0.2) is 33.9 Å². The topological polar surface area (TPSA) is 81.0 Å². The third-order valence-corrected chi connectivity index (χ3v) is 5.66. The highest BCUT2D eigenvalue weighted by Gasteiger charge is 2.32. The summed E-state index contributed by atoms with van der Waals surface area (Å²) >= 11 is 1.37. The Morgan fingerprint density at radius 2 is 2.20 bits per heavy atom. The van der Waals surface area contributed by atoms with Gasteiger partial charge >= 0.3 is 0 Å². The van der Waals surface area contributed by atoms with Gasteiger partial charge in [-0.3, -0.25) is 4.79 Å². The minimum atomic E-state index is -0.281. The van der Waals surface area contributed by atoms with E-state index in [-0.39, 0.29) is 11.2 Å². The Hall–Kier alpha value is -2.51. The quantitative estimate of drug-likeness (QED) is 0.565. The van der Waals surface area contributed by atoms with Crippen molar-refractivity contribution in [3.8, 4) is 11.5 Å². The molecule has 25 heavy (non-hydrogen) atoms. The second-order valence-electron chi connectivity index (χ2n) is 6.81. The molecule has 6 nitrogen and oxygen atoms in total. The third-order valence-electron chi connectivity index (χ3n) is 4.59. The zero-order valence-corrected chi connectivity index (χ0v) is 14.6. The average Bonchev–Trinajstić information content (AvgIpc) is 3.21. The molecule has 0 spiro atoms. The van der Waals surface area contributed by atoms with Crippen LogP contribution in [-0.4, -0.2) is 20.6 Å². The van der Waals surface area contributed by atoms with Crippen LogP contribution in [0.25, 0.3) is 31.9 Å². The van der Waals surface area contributed by atoms with Gasteiger partial charge in [0.25, 0.3) is 5.56 Å². The van der Waals surface area contributed by atoms with Crippen LogP contribution < -0.4 is 5.56 Å². The normalized spacial score (nSPS) is 16.4. The van der Waals surface area contributed by atoms with E-state index in [9.17, 15) is 4.79 Å². The van der Waals surface area contributed by atoms with Crippen LogP contribution in [0.2, 0.25) is 0 Å². The van der Waals surface area contributed by atoms with Gasteiger partial charge < -0.3 is 14.1 Å². The van der Waals surface area contributed by atoms with E-state index in [1.54, 1.807) is 6.26 Å². The van der Waals surface area contributed by atoms with Crippen molar-refractivity contribution in [1.29, 1.82) is 0 Å². The molecule has 0 aliphatic carbocycles. The fourth-order valence-electron chi connectivity index (χ4n) is 3.43. The average molecular weight is 353 g/mol. The lowest BCUT2D eigenvalue weighted by Gasteiger charge is -2.32. The van der Waals surface area contributed by atoms with E-state index in [4.69, 9.17) is 14.1 Å². The highest BCUT2D eigenvalue weighted by molar-refractivity contribution is 7.25. The van der Waals surface area contributed by atoms with Gasteiger partial charge in [-0.05, 0) is 31.5 Å². The van der Waals surface area contributed by atoms with Gasteiger partial charge in [0.15, 0.2) is 5.76 Å². The van der Waals surface area contributed by atoms with Crippen molar-refractivity contribution < 1.29 is 9.15 Å². The smallest absolute Gasteiger partial charge is 0.268 e. The number of rotatable bonds is 1. The van der Waals surface area contributed by atoms with Gasteiger partial charge in [-0.2, -0.15) is 0 Å². The number of nitrogens with one attached hydrogen (secondary N) is 1. The zero-order chi connectivity index (χ0) is 17.2. The molecule has 4 aromatic heterocycles. The first kappa shape index (κ1) is 14.8. The summed E-state index contributed by atoms with van der Waals surface area (Å²) in [7, 11) is 0. The van der Waals surface area contributed by atoms with Crippen molar-refractivity contribution in [3.05, 3.63) is 46.2 Å². The van der Waals surface area contributed by atoms with E-state index in [0.717, 1.165) is 39.0 Å². The van der Waals surface area contributed by atoms with Crippen LogP contribution in [0.5, 0.6) is 0 Å². The number of thiophene rings is 1. The maximum Gasteiger partial charge on any atom is 0.268 e. The number of aromatic amines is 1. The summed E-state index contributed by atoms with van der Waals surface area (Å²) in [6, 6.07) is 3.74. The lowest BCUT2D eigenvalue weighted by molar-refractivity contribution is -0.0395. The SMILES string of the molecule is CC1(C)Cc2c(c(-c3ccco3)nc3sc4c(=O)[nH]cnc4c23)CO1. The van der Waals surface area contributed by atoms with Crippen LogP contribution in [-0.2, 0) is 17.8 Å². The number of nitrogens with zero attached hydrogens (tertiary/aromatic N) is 2. The van der Waals surface area contributed by atoms with E-state index in [2.05, 4.69) is 23.8 Å². The van der Waals surface area contributed by atoms with Crippen LogP contribution >= 0.6 is 11.3 Å². The van der Waals surface area contributed by atoms with E-state index in [1.165, 1.54) is 17.7 Å². The molecule has 7 heteroatoms. The second kappa shape index (κ2) is 5.00. The van der Waals surface area contributed by atoms with Gasteiger partial charge in [0.1, 0.15) is 15.2 Å². The summed E-state index contributed by atoms with van der Waals surface area (Å²) in [6.45, 7) is 4.61. The van der Waals surface area contributed by atoms with Crippen molar-refractivity contribution in [2.45, 2.75) is 32.5 Å². The van der Waals surface area contributed by atoms with Crippen molar-refractivity contribution in [1.82, 2.24) is 15.0 Å². The zero-order valence-electron chi connectivity index (χ0n) is 13.8. The van der Waals surface area contributed by atoms with Gasteiger partial charge in [-0.15, -0.1) is 11.3 Å². The maximum absolute atomic E-state index is 12.2. The maximum atomic E-state index is 12.2. The van der Waals surface area contributed by atoms with E-state index in [0.29, 0.717) is 17.1 Å². The number of aromatic nitrogens is 3. The standard InChI is InChI=1S/C18H15N3O3S/c1-18(2)6-9-10(7-24-18)13(11-4-3-5-23-11)21-17-12(9)14-15(25-17)16(22)20-8-19-14/h3-5,8H,6-7H2,1-2H3,(H,19,20,22). The summed E-state index contributed by atoms with van der Waals surface area (Å²) in [5.74, 6) is 0.709. The second-order valence-corrected chi connectivity index (χ2v) is 7.81. The molecule has 1 aliphatic heterocycles. The molecule has 1 aliphatic rings. The lowest BCUT2D eigenvalue weighted by Crippen LogP contribution is -2.32. The molecule has 0 saturated carbocycles. The Balaban J connectivity index is 1.95. The predicted molar refractivity (Wildman–Crippen MR) is 95.8 cm³/mol. The number of hydrogen-bond acceptors (Lipinski definition) is 6. The van der Waals surface area contributed by atoms with E-state index >= 15 is 0 Å². The molecule has 0 bridgehead atoms. The molecule has 0 aromatic carbocycles. The Bertz CT molecular complexity index is 1170. The minimum absolute atomic E-state index is 0.132. The van der Waals surface area contributed by atoms with Crippen LogP contribution in [0.1, 0.15) is 25.0 Å². The fraction of sp³-hybridized carbons (Fsp3) is 0.278. The molecule has 0 saturated heterocycles. The highest BCUT2D eigenvalue weighted by Crippen LogP contribution is 2.41. The van der Waals surface area contributed by atoms with Crippen LogP contribution in [0, 0.1) is 0 Å². The minimum Gasteiger partial charge on any atom is -0.463 e. The Kier molecular flexibility index (Phi) is 2.96. The molecule has 5 heterocycles. The Labute approximate surface area is 146 Å². The highest BCUT2D eigenvalue weighted by atomic mass is 32.1. The number of ether oxygens (including phenoxy) is 1. The molecular weight excluding hydrogens is 338 g/mol. The number of pyridine rings is 1. The molecule has 0 unspecified atom stereocenters. The molecule has 126 valence electrons. The van der Waals surface area contributed by atoms with Crippen LogP contribution in [0.4, 0.5) is 0 Å². The van der Waals surface area contributed by atoms with Gasteiger partial charge in [0.2, 0.25) is 0 Å². The molecule has 1 N–H and O–H groups in total. The Morgan fingerprint density at radius 3 is 3.00 bits per heavy atom. The summed E-state index contributed by atoms with van der Waals surface area (Å²) in [5, 5.41) is 0.966. The van der Waals surface area contributed by atoms with Crippen molar-refractivity contribution in [2.24, 2.45) is 0 Å².